The van der Waals surface area contributed by atoms with Crippen LogP contribution in [-0.2, 0) is 6.42 Å². The average Bonchev–Trinajstić information content (AvgIpc) is 2.37. The first-order chi connectivity index (χ1) is 8.97. The summed E-state index contributed by atoms with van der Waals surface area (Å²) in [5, 5.41) is 0.906. The number of hydrogen-bond donors (Lipinski definition) is 0. The van der Waals surface area contributed by atoms with E-state index in [1.54, 1.807) is 18.2 Å². The van der Waals surface area contributed by atoms with Crippen molar-refractivity contribution < 1.29 is 9.18 Å². The maximum atomic E-state index is 13.1. The smallest absolute Gasteiger partial charge is 0.167 e. The molecule has 19 heavy (non-hydrogen) atoms. The molecule has 0 radical (unpaired) electrons. The molecule has 98 valence electrons. The molecule has 2 aromatic rings. The molecule has 0 heterocycles. The van der Waals surface area contributed by atoms with Crippen LogP contribution in [0.2, 0.25) is 10.0 Å². The van der Waals surface area contributed by atoms with Gasteiger partial charge in [-0.3, -0.25) is 4.79 Å². The van der Waals surface area contributed by atoms with Gasteiger partial charge in [-0.05, 0) is 57.9 Å². The fourth-order valence-corrected chi connectivity index (χ4v) is 2.30. The zero-order chi connectivity index (χ0) is 14.0. The number of halogens is 4. The van der Waals surface area contributed by atoms with Gasteiger partial charge in [-0.1, -0.05) is 23.2 Å². The Morgan fingerprint density at radius 3 is 2.47 bits per heavy atom. The summed E-state index contributed by atoms with van der Waals surface area (Å²) in [7, 11) is 0. The highest BCUT2D eigenvalue weighted by Gasteiger charge is 2.12. The van der Waals surface area contributed by atoms with E-state index in [1.165, 1.54) is 18.2 Å². The van der Waals surface area contributed by atoms with Crippen LogP contribution in [0.25, 0.3) is 0 Å². The minimum Gasteiger partial charge on any atom is -0.294 e. The van der Waals surface area contributed by atoms with Crippen molar-refractivity contribution in [3.63, 3.8) is 0 Å². The van der Waals surface area contributed by atoms with Crippen LogP contribution in [0, 0.1) is 5.82 Å². The Morgan fingerprint density at radius 2 is 1.79 bits per heavy atom. The standard InChI is InChI=1S/C14H8BrCl2FO/c15-11-6-8(1-3-13(11)17)14(19)7-9-5-10(18)2-4-12(9)16/h1-6H,7H2. The second-order valence-corrected chi connectivity index (χ2v) is 5.63. The van der Waals surface area contributed by atoms with Crippen LogP contribution in [0.3, 0.4) is 0 Å². The Bertz CT molecular complexity index is 643. The van der Waals surface area contributed by atoms with Gasteiger partial charge in [-0.25, -0.2) is 4.39 Å². The molecular weight excluding hydrogens is 354 g/mol. The molecule has 1 nitrogen and oxygen atoms in total. The highest BCUT2D eigenvalue weighted by atomic mass is 79.9. The van der Waals surface area contributed by atoms with Gasteiger partial charge in [0.2, 0.25) is 0 Å². The Labute approximate surface area is 128 Å². The Morgan fingerprint density at radius 1 is 1.11 bits per heavy atom. The van der Waals surface area contributed by atoms with E-state index in [1.807, 2.05) is 0 Å². The van der Waals surface area contributed by atoms with Crippen LogP contribution in [0.5, 0.6) is 0 Å². The summed E-state index contributed by atoms with van der Waals surface area (Å²) in [5.41, 5.74) is 0.967. The summed E-state index contributed by atoms with van der Waals surface area (Å²) in [6.45, 7) is 0. The second-order valence-electron chi connectivity index (χ2n) is 3.96. The predicted octanol–water partition coefficient (Wildman–Crippen LogP) is 5.32. The molecule has 0 atom stereocenters. The van der Waals surface area contributed by atoms with Gasteiger partial charge in [-0.15, -0.1) is 0 Å². The van der Waals surface area contributed by atoms with Gasteiger partial charge in [0.15, 0.2) is 5.78 Å². The van der Waals surface area contributed by atoms with E-state index in [2.05, 4.69) is 15.9 Å². The number of hydrogen-bond acceptors (Lipinski definition) is 1. The number of ketones is 1. The van der Waals surface area contributed by atoms with Gasteiger partial charge in [0.25, 0.3) is 0 Å². The largest absolute Gasteiger partial charge is 0.294 e. The van der Waals surface area contributed by atoms with Gasteiger partial charge < -0.3 is 0 Å². The molecule has 0 aromatic heterocycles. The van der Waals surface area contributed by atoms with Crippen molar-refractivity contribution in [2.75, 3.05) is 0 Å². The number of rotatable bonds is 3. The third-order valence-electron chi connectivity index (χ3n) is 2.60. The molecule has 0 aliphatic carbocycles. The lowest BCUT2D eigenvalue weighted by Gasteiger charge is -2.05. The number of carbonyl (C=O) groups excluding carboxylic acids is 1. The van der Waals surface area contributed by atoms with Crippen LogP contribution in [0.1, 0.15) is 15.9 Å². The Hall–Kier alpha value is -0.900. The maximum Gasteiger partial charge on any atom is 0.167 e. The molecule has 0 unspecified atom stereocenters. The number of benzene rings is 2. The van der Waals surface area contributed by atoms with Crippen LogP contribution in [0.4, 0.5) is 4.39 Å². The highest BCUT2D eigenvalue weighted by molar-refractivity contribution is 9.10. The second kappa shape index (κ2) is 6.04. The zero-order valence-corrected chi connectivity index (χ0v) is 12.7. The van der Waals surface area contributed by atoms with Crippen LogP contribution in [0.15, 0.2) is 40.9 Å². The molecule has 0 N–H and O–H groups in total. The fraction of sp³-hybridized carbons (Fsp3) is 0.0714. The molecule has 0 aliphatic heterocycles. The van der Waals surface area contributed by atoms with E-state index >= 15 is 0 Å². The first kappa shape index (κ1) is 14.5. The first-order valence-corrected chi connectivity index (χ1v) is 6.94. The van der Waals surface area contributed by atoms with Gasteiger partial charge in [0, 0.05) is 21.5 Å². The van der Waals surface area contributed by atoms with Crippen molar-refractivity contribution in [2.45, 2.75) is 6.42 Å². The monoisotopic (exact) mass is 360 g/mol. The van der Waals surface area contributed by atoms with Crippen molar-refractivity contribution in [1.29, 1.82) is 0 Å². The number of carbonyl (C=O) groups is 1. The van der Waals surface area contributed by atoms with Gasteiger partial charge in [-0.2, -0.15) is 0 Å². The molecule has 0 fully saturated rings. The van der Waals surface area contributed by atoms with E-state index in [-0.39, 0.29) is 12.2 Å². The van der Waals surface area contributed by atoms with Gasteiger partial charge in [0.1, 0.15) is 5.82 Å². The first-order valence-electron chi connectivity index (χ1n) is 5.39. The van der Waals surface area contributed by atoms with E-state index in [4.69, 9.17) is 23.2 Å². The van der Waals surface area contributed by atoms with Crippen LogP contribution < -0.4 is 0 Å². The fourth-order valence-electron chi connectivity index (χ4n) is 1.62. The third kappa shape index (κ3) is 3.56. The quantitative estimate of drug-likeness (QED) is 0.676. The molecular formula is C14H8BrCl2FO. The summed E-state index contributed by atoms with van der Waals surface area (Å²) < 4.78 is 13.8. The van der Waals surface area contributed by atoms with Crippen molar-refractivity contribution >= 4 is 44.9 Å². The normalized spacial score (nSPS) is 10.5. The van der Waals surface area contributed by atoms with Gasteiger partial charge >= 0.3 is 0 Å². The van der Waals surface area contributed by atoms with Crippen molar-refractivity contribution in [2.24, 2.45) is 0 Å². The summed E-state index contributed by atoms with van der Waals surface area (Å²) in [4.78, 5) is 12.1. The SMILES string of the molecule is O=C(Cc1cc(F)ccc1Cl)c1ccc(Cl)c(Br)c1. The van der Waals surface area contributed by atoms with E-state index < -0.39 is 5.82 Å². The third-order valence-corrected chi connectivity index (χ3v) is 4.18. The molecule has 2 rings (SSSR count). The summed E-state index contributed by atoms with van der Waals surface area (Å²) in [5.74, 6) is -0.561. The molecule has 0 bridgehead atoms. The van der Waals surface area contributed by atoms with Crippen molar-refractivity contribution in [3.8, 4) is 0 Å². The minimum absolute atomic E-state index is 0.0463. The maximum absolute atomic E-state index is 13.1. The van der Waals surface area contributed by atoms with Crippen LogP contribution in [-0.4, -0.2) is 5.78 Å². The molecule has 5 heteroatoms. The summed E-state index contributed by atoms with van der Waals surface area (Å²) >= 11 is 15.1. The zero-order valence-electron chi connectivity index (χ0n) is 9.59. The van der Waals surface area contributed by atoms with Crippen LogP contribution >= 0.6 is 39.1 Å². The van der Waals surface area contributed by atoms with Crippen molar-refractivity contribution in [1.82, 2.24) is 0 Å². The Kier molecular flexibility index (Phi) is 4.61. The lowest BCUT2D eigenvalue weighted by atomic mass is 10.0. The lowest BCUT2D eigenvalue weighted by molar-refractivity contribution is 0.0993. The summed E-state index contributed by atoms with van der Waals surface area (Å²) in [6, 6.07) is 8.87. The molecule has 0 amide bonds. The lowest BCUT2D eigenvalue weighted by Crippen LogP contribution is -2.04. The Balaban J connectivity index is 2.25. The molecule has 0 aliphatic rings. The number of Topliss-reactive ketones (excluding diaryl/α,β-unsaturated/α-hetero) is 1. The van der Waals surface area contributed by atoms with E-state index in [0.717, 1.165) is 0 Å². The van der Waals surface area contributed by atoms with E-state index in [0.29, 0.717) is 25.6 Å². The molecule has 0 saturated heterocycles. The topological polar surface area (TPSA) is 17.1 Å². The average molecular weight is 362 g/mol. The van der Waals surface area contributed by atoms with Gasteiger partial charge in [0.05, 0.1) is 5.02 Å². The summed E-state index contributed by atoms with van der Waals surface area (Å²) in [6.07, 6.45) is 0.0463. The van der Waals surface area contributed by atoms with E-state index in [9.17, 15) is 9.18 Å². The highest BCUT2D eigenvalue weighted by Crippen LogP contribution is 2.25. The van der Waals surface area contributed by atoms with Crippen molar-refractivity contribution in [3.05, 3.63) is 67.9 Å². The minimum atomic E-state index is -0.413. The molecule has 0 spiro atoms. The predicted molar refractivity (Wildman–Crippen MR) is 78.6 cm³/mol. The molecule has 2 aromatic carbocycles. The molecule has 0 saturated carbocycles.